The molecule has 0 unspecified atom stereocenters. The molecule has 3 aromatic rings. The highest BCUT2D eigenvalue weighted by atomic mass is 32.2. The van der Waals surface area contributed by atoms with Crippen LogP contribution in [0.5, 0.6) is 0 Å². The van der Waals surface area contributed by atoms with Crippen LogP contribution in [0.4, 0.5) is 5.13 Å². The van der Waals surface area contributed by atoms with Gasteiger partial charge in [0.15, 0.2) is 5.13 Å². The first-order chi connectivity index (χ1) is 13.0. The van der Waals surface area contributed by atoms with Crippen molar-refractivity contribution < 1.29 is 9.59 Å². The van der Waals surface area contributed by atoms with Gasteiger partial charge in [0, 0.05) is 16.3 Å². The van der Waals surface area contributed by atoms with Crippen LogP contribution in [0.15, 0.2) is 52.1 Å². The Balaban J connectivity index is 1.67. The molecule has 5 nitrogen and oxygen atoms in total. The number of anilines is 1. The molecule has 0 aliphatic rings. The molecule has 140 valence electrons. The average molecular weight is 418 g/mol. The van der Waals surface area contributed by atoms with Gasteiger partial charge in [-0.3, -0.25) is 14.9 Å². The van der Waals surface area contributed by atoms with E-state index in [1.54, 1.807) is 17.4 Å². The molecule has 27 heavy (non-hydrogen) atoms. The summed E-state index contributed by atoms with van der Waals surface area (Å²) in [5, 5.41) is 10.2. The van der Waals surface area contributed by atoms with E-state index in [0.29, 0.717) is 10.7 Å². The maximum atomic E-state index is 12.7. The molecule has 2 heterocycles. The molecular formula is C19H19N3O2S3. The molecule has 0 fully saturated rings. The molecule has 0 atom stereocenters. The molecule has 0 saturated carbocycles. The molecule has 0 spiro atoms. The van der Waals surface area contributed by atoms with E-state index in [2.05, 4.69) is 15.6 Å². The molecule has 0 bridgehead atoms. The molecule has 0 radical (unpaired) electrons. The average Bonchev–Trinajstić information content (AvgIpc) is 3.31. The van der Waals surface area contributed by atoms with Gasteiger partial charge >= 0.3 is 0 Å². The van der Waals surface area contributed by atoms with E-state index >= 15 is 0 Å². The Bertz CT molecular complexity index is 920. The van der Waals surface area contributed by atoms with Crippen molar-refractivity contribution in [3.05, 3.63) is 52.7 Å². The Kier molecular flexibility index (Phi) is 6.65. The van der Waals surface area contributed by atoms with Crippen molar-refractivity contribution in [2.75, 3.05) is 11.1 Å². The molecule has 3 rings (SSSR count). The van der Waals surface area contributed by atoms with Gasteiger partial charge in [0.05, 0.1) is 21.9 Å². The summed E-state index contributed by atoms with van der Waals surface area (Å²) < 4.78 is 0. The third kappa shape index (κ3) is 5.41. The first kappa shape index (κ1) is 19.6. The lowest BCUT2D eigenvalue weighted by molar-refractivity contribution is -0.119. The third-order valence-electron chi connectivity index (χ3n) is 3.44. The van der Waals surface area contributed by atoms with Crippen LogP contribution in [0.3, 0.4) is 0 Å². The zero-order valence-electron chi connectivity index (χ0n) is 14.9. The Hall–Kier alpha value is -2.16. The highest BCUT2D eigenvalue weighted by Gasteiger charge is 2.15. The largest absolute Gasteiger partial charge is 0.353 e. The third-order valence-corrected chi connectivity index (χ3v) is 6.16. The molecule has 2 aromatic heterocycles. The Labute approximate surface area is 170 Å². The predicted molar refractivity (Wildman–Crippen MR) is 114 cm³/mol. The van der Waals surface area contributed by atoms with E-state index in [4.69, 9.17) is 0 Å². The van der Waals surface area contributed by atoms with E-state index in [1.165, 1.54) is 23.1 Å². The summed E-state index contributed by atoms with van der Waals surface area (Å²) in [5.74, 6) is -0.0115. The lowest BCUT2D eigenvalue weighted by Gasteiger charge is -2.10. The Morgan fingerprint density at radius 3 is 2.70 bits per heavy atom. The number of thiophene rings is 1. The van der Waals surface area contributed by atoms with Crippen LogP contribution < -0.4 is 10.6 Å². The number of thiazole rings is 1. The van der Waals surface area contributed by atoms with Gasteiger partial charge in [0.1, 0.15) is 0 Å². The molecule has 0 aliphatic carbocycles. The van der Waals surface area contributed by atoms with Gasteiger partial charge in [-0.2, -0.15) is 0 Å². The summed E-state index contributed by atoms with van der Waals surface area (Å²) in [5.41, 5.74) is 1.39. The highest BCUT2D eigenvalue weighted by Crippen LogP contribution is 2.29. The van der Waals surface area contributed by atoms with Gasteiger partial charge in [0.25, 0.3) is 5.91 Å². The standard InChI is InChI=1S/C19H19N3O2S3/c1-12(2)20-17(23)11-26-15-7-4-3-6-13(15)18(24)22-19-21-14(10-27-19)16-8-5-9-25-16/h3-10,12H,11H2,1-2H3,(H,20,23)(H,21,22,24). The fourth-order valence-electron chi connectivity index (χ4n) is 2.32. The minimum atomic E-state index is -0.227. The maximum Gasteiger partial charge on any atom is 0.258 e. The number of thioether (sulfide) groups is 1. The minimum Gasteiger partial charge on any atom is -0.353 e. The lowest BCUT2D eigenvalue weighted by atomic mass is 10.2. The zero-order chi connectivity index (χ0) is 19.2. The van der Waals surface area contributed by atoms with Crippen LogP contribution in [0.25, 0.3) is 10.6 Å². The summed E-state index contributed by atoms with van der Waals surface area (Å²) in [6, 6.07) is 11.3. The summed E-state index contributed by atoms with van der Waals surface area (Å²) >= 11 is 4.36. The van der Waals surface area contributed by atoms with Crippen molar-refractivity contribution in [2.45, 2.75) is 24.8 Å². The molecule has 0 saturated heterocycles. The van der Waals surface area contributed by atoms with Crippen molar-refractivity contribution in [3.8, 4) is 10.6 Å². The maximum absolute atomic E-state index is 12.7. The van der Waals surface area contributed by atoms with Crippen molar-refractivity contribution in [2.24, 2.45) is 0 Å². The summed E-state index contributed by atoms with van der Waals surface area (Å²) in [4.78, 5) is 30.9. The van der Waals surface area contributed by atoms with Crippen LogP contribution >= 0.6 is 34.4 Å². The van der Waals surface area contributed by atoms with Crippen molar-refractivity contribution in [1.82, 2.24) is 10.3 Å². The number of nitrogens with zero attached hydrogens (tertiary/aromatic N) is 1. The normalized spacial score (nSPS) is 10.8. The second-order valence-electron chi connectivity index (χ2n) is 5.98. The van der Waals surface area contributed by atoms with Crippen LogP contribution in [0.1, 0.15) is 24.2 Å². The summed E-state index contributed by atoms with van der Waals surface area (Å²) in [7, 11) is 0. The number of nitrogens with one attached hydrogen (secondary N) is 2. The van der Waals surface area contributed by atoms with E-state index in [-0.39, 0.29) is 23.6 Å². The topological polar surface area (TPSA) is 71.1 Å². The van der Waals surface area contributed by atoms with Gasteiger partial charge in [-0.15, -0.1) is 34.4 Å². The number of hydrogen-bond donors (Lipinski definition) is 2. The smallest absolute Gasteiger partial charge is 0.258 e. The number of carbonyl (C=O) groups is 2. The van der Waals surface area contributed by atoms with E-state index in [1.807, 2.05) is 54.9 Å². The van der Waals surface area contributed by atoms with E-state index < -0.39 is 0 Å². The Morgan fingerprint density at radius 1 is 1.15 bits per heavy atom. The second kappa shape index (κ2) is 9.16. The molecule has 2 amide bonds. The number of carbonyl (C=O) groups excluding carboxylic acids is 2. The molecule has 0 aliphatic heterocycles. The van der Waals surface area contributed by atoms with E-state index in [0.717, 1.165) is 15.5 Å². The first-order valence-corrected chi connectivity index (χ1v) is 11.1. The van der Waals surface area contributed by atoms with Crippen molar-refractivity contribution >= 4 is 51.4 Å². The zero-order valence-corrected chi connectivity index (χ0v) is 17.3. The molecular weight excluding hydrogens is 398 g/mol. The predicted octanol–water partition coefficient (Wildman–Crippen LogP) is 4.74. The van der Waals surface area contributed by atoms with Gasteiger partial charge in [0.2, 0.25) is 5.91 Å². The number of rotatable bonds is 7. The molecule has 2 N–H and O–H groups in total. The quantitative estimate of drug-likeness (QED) is 0.545. The van der Waals surface area contributed by atoms with Crippen LogP contribution in [-0.2, 0) is 4.79 Å². The monoisotopic (exact) mass is 417 g/mol. The van der Waals surface area contributed by atoms with Gasteiger partial charge in [-0.05, 0) is 37.4 Å². The van der Waals surface area contributed by atoms with Gasteiger partial charge in [-0.1, -0.05) is 18.2 Å². The van der Waals surface area contributed by atoms with E-state index in [9.17, 15) is 9.59 Å². The van der Waals surface area contributed by atoms with Crippen LogP contribution in [-0.4, -0.2) is 28.6 Å². The number of hydrogen-bond acceptors (Lipinski definition) is 6. The molecule has 8 heteroatoms. The Morgan fingerprint density at radius 2 is 1.96 bits per heavy atom. The minimum absolute atomic E-state index is 0.0503. The summed E-state index contributed by atoms with van der Waals surface area (Å²) in [6.45, 7) is 3.84. The van der Waals surface area contributed by atoms with Crippen molar-refractivity contribution in [3.63, 3.8) is 0 Å². The lowest BCUT2D eigenvalue weighted by Crippen LogP contribution is -2.31. The van der Waals surface area contributed by atoms with Crippen LogP contribution in [0, 0.1) is 0 Å². The number of aromatic nitrogens is 1. The van der Waals surface area contributed by atoms with Crippen molar-refractivity contribution in [1.29, 1.82) is 0 Å². The fourth-order valence-corrected chi connectivity index (χ4v) is 4.65. The van der Waals surface area contributed by atoms with Crippen LogP contribution in [0.2, 0.25) is 0 Å². The number of amides is 2. The second-order valence-corrected chi connectivity index (χ2v) is 8.80. The van der Waals surface area contributed by atoms with Gasteiger partial charge in [-0.25, -0.2) is 4.98 Å². The van der Waals surface area contributed by atoms with Gasteiger partial charge < -0.3 is 5.32 Å². The summed E-state index contributed by atoms with van der Waals surface area (Å²) in [6.07, 6.45) is 0. The molecule has 1 aromatic carbocycles. The number of benzene rings is 1. The SMILES string of the molecule is CC(C)NC(=O)CSc1ccccc1C(=O)Nc1nc(-c2cccs2)cs1. The highest BCUT2D eigenvalue weighted by molar-refractivity contribution is 8.00. The first-order valence-electron chi connectivity index (χ1n) is 8.35. The fraction of sp³-hybridized carbons (Fsp3) is 0.211.